The van der Waals surface area contributed by atoms with Gasteiger partial charge in [-0.05, 0) is 42.5 Å². The largest absolute Gasteiger partial charge is 0.278 e. The van der Waals surface area contributed by atoms with Gasteiger partial charge < -0.3 is 0 Å². The van der Waals surface area contributed by atoms with Crippen LogP contribution in [-0.4, -0.2) is 16.0 Å². The molecule has 0 aliphatic carbocycles. The van der Waals surface area contributed by atoms with Gasteiger partial charge in [-0.1, -0.05) is 63.9 Å². The van der Waals surface area contributed by atoms with Gasteiger partial charge in [0.25, 0.3) is 0 Å². The number of rotatable bonds is 5. The normalized spacial score (nSPS) is 11.1. The molecule has 1 N–H and O–H groups in total. The van der Waals surface area contributed by atoms with E-state index in [1.807, 2.05) is 89.7 Å². The van der Waals surface area contributed by atoms with Gasteiger partial charge in [0.05, 0.1) is 17.6 Å². The average Bonchev–Trinajstić information content (AvgIpc) is 3.13. The molecule has 0 saturated carbocycles. The molecule has 0 bridgehead atoms. The summed E-state index contributed by atoms with van der Waals surface area (Å²) in [7, 11) is 0. The van der Waals surface area contributed by atoms with Gasteiger partial charge in [-0.3, -0.25) is 5.43 Å². The molecule has 1 aromatic heterocycles. The molecule has 1 heterocycles. The maximum absolute atomic E-state index is 6.02. The maximum atomic E-state index is 6.02. The molecule has 0 unspecified atom stereocenters. The fourth-order valence-corrected chi connectivity index (χ4v) is 3.22. The Morgan fingerprint density at radius 3 is 2.50 bits per heavy atom. The van der Waals surface area contributed by atoms with E-state index in [0.29, 0.717) is 5.02 Å². The van der Waals surface area contributed by atoms with E-state index in [4.69, 9.17) is 16.7 Å². The molecule has 0 atom stereocenters. The number of aromatic nitrogens is 2. The fourth-order valence-electron chi connectivity index (χ4n) is 2.76. The summed E-state index contributed by atoms with van der Waals surface area (Å²) >= 11 is 9.50. The van der Waals surface area contributed by atoms with Gasteiger partial charge in [0.1, 0.15) is 5.69 Å². The lowest BCUT2D eigenvalue weighted by molar-refractivity contribution is 0.884. The average molecular weight is 452 g/mol. The Kier molecular flexibility index (Phi) is 5.55. The molecule has 4 rings (SSSR count). The third kappa shape index (κ3) is 4.32. The van der Waals surface area contributed by atoms with Crippen LogP contribution in [0, 0.1) is 0 Å². The minimum absolute atomic E-state index is 0.660. The number of nitrogens with one attached hydrogen (secondary N) is 1. The van der Waals surface area contributed by atoms with E-state index in [2.05, 4.69) is 26.5 Å². The molecule has 138 valence electrons. The molecule has 6 heteroatoms. The third-order valence-corrected chi connectivity index (χ3v) is 4.87. The molecule has 0 aliphatic heterocycles. The first kappa shape index (κ1) is 18.5. The summed E-state index contributed by atoms with van der Waals surface area (Å²) in [4.78, 5) is 0. The number of benzene rings is 3. The van der Waals surface area contributed by atoms with Crippen molar-refractivity contribution in [3.8, 4) is 16.9 Å². The first-order chi connectivity index (χ1) is 13.7. The maximum Gasteiger partial charge on any atom is 0.102 e. The summed E-state index contributed by atoms with van der Waals surface area (Å²) in [6.07, 6.45) is 3.74. The Morgan fingerprint density at radius 1 is 0.964 bits per heavy atom. The van der Waals surface area contributed by atoms with Crippen molar-refractivity contribution in [3.05, 3.63) is 100 Å². The Morgan fingerprint density at radius 2 is 1.75 bits per heavy atom. The van der Waals surface area contributed by atoms with E-state index in [0.717, 1.165) is 32.7 Å². The molecule has 4 nitrogen and oxygen atoms in total. The molecule has 4 aromatic rings. The minimum Gasteiger partial charge on any atom is -0.278 e. The van der Waals surface area contributed by atoms with Crippen molar-refractivity contribution in [1.29, 1.82) is 0 Å². The van der Waals surface area contributed by atoms with Gasteiger partial charge in [0.15, 0.2) is 0 Å². The van der Waals surface area contributed by atoms with Gasteiger partial charge in [-0.25, -0.2) is 4.68 Å². The highest BCUT2D eigenvalue weighted by Gasteiger charge is 2.11. The minimum atomic E-state index is 0.660. The lowest BCUT2D eigenvalue weighted by Crippen LogP contribution is -1.93. The summed E-state index contributed by atoms with van der Waals surface area (Å²) in [5, 5.41) is 9.81. The van der Waals surface area contributed by atoms with Crippen LogP contribution in [0.2, 0.25) is 5.02 Å². The SMILES string of the molecule is Clc1cccc(NN=Cc2cn(-c3ccccc3)nc2-c2ccc(Br)cc2)c1. The zero-order chi connectivity index (χ0) is 19.3. The van der Waals surface area contributed by atoms with Crippen LogP contribution in [0.3, 0.4) is 0 Å². The highest BCUT2D eigenvalue weighted by atomic mass is 79.9. The lowest BCUT2D eigenvalue weighted by atomic mass is 10.1. The fraction of sp³-hybridized carbons (Fsp3) is 0. The lowest BCUT2D eigenvalue weighted by Gasteiger charge is -2.01. The molecule has 0 spiro atoms. The van der Waals surface area contributed by atoms with E-state index in [1.54, 1.807) is 6.21 Å². The van der Waals surface area contributed by atoms with Crippen LogP contribution < -0.4 is 5.43 Å². The predicted molar refractivity (Wildman–Crippen MR) is 119 cm³/mol. The quantitative estimate of drug-likeness (QED) is 0.282. The number of halogens is 2. The number of anilines is 1. The van der Waals surface area contributed by atoms with Crippen LogP contribution in [0.4, 0.5) is 5.69 Å². The Balaban J connectivity index is 1.68. The van der Waals surface area contributed by atoms with Gasteiger partial charge in [-0.2, -0.15) is 10.2 Å². The third-order valence-electron chi connectivity index (χ3n) is 4.10. The van der Waals surface area contributed by atoms with Crippen molar-refractivity contribution in [2.45, 2.75) is 0 Å². The van der Waals surface area contributed by atoms with Gasteiger partial charge in [0, 0.05) is 26.8 Å². The molecule has 3 aromatic carbocycles. The second-order valence-electron chi connectivity index (χ2n) is 6.10. The van der Waals surface area contributed by atoms with Crippen LogP contribution in [-0.2, 0) is 0 Å². The van der Waals surface area contributed by atoms with E-state index in [-0.39, 0.29) is 0 Å². The van der Waals surface area contributed by atoms with E-state index in [1.165, 1.54) is 0 Å². The summed E-state index contributed by atoms with van der Waals surface area (Å²) in [6.45, 7) is 0. The van der Waals surface area contributed by atoms with Crippen LogP contribution in [0.25, 0.3) is 16.9 Å². The van der Waals surface area contributed by atoms with Crippen molar-refractivity contribution < 1.29 is 0 Å². The zero-order valence-corrected chi connectivity index (χ0v) is 17.1. The van der Waals surface area contributed by atoms with Gasteiger partial charge >= 0.3 is 0 Å². The number of hydrogen-bond donors (Lipinski definition) is 1. The number of nitrogens with zero attached hydrogens (tertiary/aromatic N) is 3. The summed E-state index contributed by atoms with van der Waals surface area (Å²) in [6, 6.07) is 25.5. The zero-order valence-electron chi connectivity index (χ0n) is 14.8. The Labute approximate surface area is 176 Å². The molecule has 28 heavy (non-hydrogen) atoms. The molecule has 0 fully saturated rings. The topological polar surface area (TPSA) is 42.2 Å². The summed E-state index contributed by atoms with van der Waals surface area (Å²) in [5.41, 5.74) is 7.60. The first-order valence-corrected chi connectivity index (χ1v) is 9.82. The van der Waals surface area contributed by atoms with E-state index in [9.17, 15) is 0 Å². The molecule has 0 aliphatic rings. The first-order valence-electron chi connectivity index (χ1n) is 8.65. The van der Waals surface area contributed by atoms with Crippen LogP contribution in [0.15, 0.2) is 94.6 Å². The smallest absolute Gasteiger partial charge is 0.102 e. The predicted octanol–water partition coefficient (Wildman–Crippen LogP) is 6.40. The summed E-state index contributed by atoms with van der Waals surface area (Å²) < 4.78 is 2.88. The van der Waals surface area contributed by atoms with Crippen LogP contribution >= 0.6 is 27.5 Å². The van der Waals surface area contributed by atoms with E-state index >= 15 is 0 Å². The second-order valence-corrected chi connectivity index (χ2v) is 7.45. The monoisotopic (exact) mass is 450 g/mol. The standard InChI is InChI=1S/C22H16BrClN4/c23-18-11-9-16(10-12-18)22-17(14-25-26-20-6-4-5-19(24)13-20)15-28(27-22)21-7-2-1-3-8-21/h1-15,26H. The second kappa shape index (κ2) is 8.42. The number of hydrogen-bond acceptors (Lipinski definition) is 3. The number of para-hydroxylation sites is 1. The Hall–Kier alpha value is -2.89. The van der Waals surface area contributed by atoms with Crippen molar-refractivity contribution in [2.75, 3.05) is 5.43 Å². The van der Waals surface area contributed by atoms with Crippen LogP contribution in [0.5, 0.6) is 0 Å². The summed E-state index contributed by atoms with van der Waals surface area (Å²) in [5.74, 6) is 0. The molecule has 0 saturated heterocycles. The van der Waals surface area contributed by atoms with Gasteiger partial charge in [0.2, 0.25) is 0 Å². The molecular weight excluding hydrogens is 436 g/mol. The van der Waals surface area contributed by atoms with Crippen molar-refractivity contribution in [1.82, 2.24) is 9.78 Å². The highest BCUT2D eigenvalue weighted by molar-refractivity contribution is 9.10. The van der Waals surface area contributed by atoms with Crippen molar-refractivity contribution in [2.24, 2.45) is 5.10 Å². The highest BCUT2D eigenvalue weighted by Crippen LogP contribution is 2.24. The molecule has 0 radical (unpaired) electrons. The van der Waals surface area contributed by atoms with Gasteiger partial charge in [-0.15, -0.1) is 0 Å². The Bertz CT molecular complexity index is 1110. The number of hydrazone groups is 1. The van der Waals surface area contributed by atoms with Crippen LogP contribution in [0.1, 0.15) is 5.56 Å². The molecule has 0 amide bonds. The van der Waals surface area contributed by atoms with Crippen molar-refractivity contribution in [3.63, 3.8) is 0 Å². The van der Waals surface area contributed by atoms with Crippen molar-refractivity contribution >= 4 is 39.4 Å². The van der Waals surface area contributed by atoms with E-state index < -0.39 is 0 Å². The molecular formula is C22H16BrClN4.